The van der Waals surface area contributed by atoms with Gasteiger partial charge >= 0.3 is 5.97 Å². The Labute approximate surface area is 115 Å². The molecule has 0 aromatic carbocycles. The average molecular weight is 292 g/mol. The first-order chi connectivity index (χ1) is 8.69. The standard InChI is InChI=1S/C12H24N2O4S/c1-12(2)8-5-6-10(12)13-19(16,17)14(3)9-7-11(15)18-4/h10,13H,5-9H2,1-4H3. The molecule has 6 nitrogen and oxygen atoms in total. The Morgan fingerprint density at radius 3 is 2.58 bits per heavy atom. The Morgan fingerprint density at radius 2 is 2.11 bits per heavy atom. The van der Waals surface area contributed by atoms with Gasteiger partial charge in [-0.05, 0) is 18.3 Å². The minimum absolute atomic E-state index is 0.0176. The third-order valence-electron chi connectivity index (χ3n) is 3.82. The molecule has 7 heteroatoms. The lowest BCUT2D eigenvalue weighted by atomic mass is 9.88. The number of ether oxygens (including phenoxy) is 1. The molecule has 1 fully saturated rings. The second-order valence-corrected chi connectivity index (χ2v) is 7.51. The molecule has 0 spiro atoms. The normalized spacial score (nSPS) is 22.7. The zero-order valence-corrected chi connectivity index (χ0v) is 12.9. The summed E-state index contributed by atoms with van der Waals surface area (Å²) in [5.74, 6) is -0.414. The molecule has 0 saturated heterocycles. The molecule has 0 amide bonds. The molecule has 1 rings (SSSR count). The van der Waals surface area contributed by atoms with Crippen molar-refractivity contribution in [3.05, 3.63) is 0 Å². The van der Waals surface area contributed by atoms with E-state index < -0.39 is 16.2 Å². The molecule has 1 aliphatic rings. The smallest absolute Gasteiger partial charge is 0.306 e. The van der Waals surface area contributed by atoms with Crippen molar-refractivity contribution in [2.24, 2.45) is 5.41 Å². The van der Waals surface area contributed by atoms with E-state index >= 15 is 0 Å². The second kappa shape index (κ2) is 6.19. The van der Waals surface area contributed by atoms with Gasteiger partial charge in [-0.1, -0.05) is 20.3 Å². The van der Waals surface area contributed by atoms with Gasteiger partial charge in [-0.15, -0.1) is 0 Å². The number of hydrogen-bond donors (Lipinski definition) is 1. The predicted molar refractivity (Wildman–Crippen MR) is 72.7 cm³/mol. The zero-order valence-electron chi connectivity index (χ0n) is 12.1. The highest BCUT2D eigenvalue weighted by molar-refractivity contribution is 7.87. The Balaban J connectivity index is 2.58. The molecule has 1 aliphatic carbocycles. The predicted octanol–water partition coefficient (Wildman–Crippen LogP) is 0.894. The number of carbonyl (C=O) groups is 1. The van der Waals surface area contributed by atoms with E-state index in [9.17, 15) is 13.2 Å². The molecule has 0 heterocycles. The molecule has 1 N–H and O–H groups in total. The lowest BCUT2D eigenvalue weighted by Gasteiger charge is -2.29. The van der Waals surface area contributed by atoms with Gasteiger partial charge < -0.3 is 4.74 Å². The number of rotatable bonds is 6. The first-order valence-corrected chi connectivity index (χ1v) is 7.93. The van der Waals surface area contributed by atoms with Crippen LogP contribution in [0.4, 0.5) is 0 Å². The summed E-state index contributed by atoms with van der Waals surface area (Å²) in [6, 6.07) is -0.0434. The largest absolute Gasteiger partial charge is 0.469 e. The molecule has 0 radical (unpaired) electrons. The van der Waals surface area contributed by atoms with E-state index in [2.05, 4.69) is 23.3 Å². The van der Waals surface area contributed by atoms with Crippen molar-refractivity contribution in [3.63, 3.8) is 0 Å². The highest BCUT2D eigenvalue weighted by atomic mass is 32.2. The number of esters is 1. The summed E-state index contributed by atoms with van der Waals surface area (Å²) in [5, 5.41) is 0. The third kappa shape index (κ3) is 4.43. The Kier molecular flexibility index (Phi) is 5.34. The molecular formula is C12H24N2O4S. The van der Waals surface area contributed by atoms with Crippen LogP contribution in [0.2, 0.25) is 0 Å². The average Bonchev–Trinajstić information content (AvgIpc) is 2.64. The highest BCUT2D eigenvalue weighted by Crippen LogP contribution is 2.37. The Bertz CT molecular complexity index is 419. The molecule has 0 aliphatic heterocycles. The summed E-state index contributed by atoms with van der Waals surface area (Å²) in [6.45, 7) is 4.26. The molecule has 1 saturated carbocycles. The maximum absolute atomic E-state index is 12.1. The van der Waals surface area contributed by atoms with Gasteiger partial charge in [0.2, 0.25) is 0 Å². The Hall–Kier alpha value is -0.660. The highest BCUT2D eigenvalue weighted by Gasteiger charge is 2.37. The fourth-order valence-electron chi connectivity index (χ4n) is 2.29. The van der Waals surface area contributed by atoms with Crippen molar-refractivity contribution in [2.75, 3.05) is 20.7 Å². The number of nitrogens with zero attached hydrogens (tertiary/aromatic N) is 1. The molecule has 1 atom stereocenters. The number of methoxy groups -OCH3 is 1. The van der Waals surface area contributed by atoms with E-state index in [4.69, 9.17) is 0 Å². The summed E-state index contributed by atoms with van der Waals surface area (Å²) < 4.78 is 32.7. The van der Waals surface area contributed by atoms with E-state index in [-0.39, 0.29) is 24.4 Å². The van der Waals surface area contributed by atoms with Crippen LogP contribution < -0.4 is 4.72 Å². The van der Waals surface area contributed by atoms with Gasteiger partial charge in [0.15, 0.2) is 0 Å². The summed E-state index contributed by atoms with van der Waals surface area (Å²) in [5.41, 5.74) is -0.0176. The van der Waals surface area contributed by atoms with Crippen molar-refractivity contribution < 1.29 is 17.9 Å². The van der Waals surface area contributed by atoms with Crippen LogP contribution in [0, 0.1) is 5.41 Å². The van der Waals surface area contributed by atoms with Crippen LogP contribution in [0.3, 0.4) is 0 Å². The fraction of sp³-hybridized carbons (Fsp3) is 0.917. The molecule has 0 aromatic rings. The Morgan fingerprint density at radius 1 is 1.47 bits per heavy atom. The number of nitrogens with one attached hydrogen (secondary N) is 1. The van der Waals surface area contributed by atoms with Crippen molar-refractivity contribution >= 4 is 16.2 Å². The van der Waals surface area contributed by atoms with Crippen LogP contribution in [-0.4, -0.2) is 45.4 Å². The van der Waals surface area contributed by atoms with Crippen LogP contribution in [0.1, 0.15) is 39.5 Å². The first kappa shape index (κ1) is 16.4. The summed E-state index contributed by atoms with van der Waals surface area (Å²) in [6.07, 6.45) is 2.97. The summed E-state index contributed by atoms with van der Waals surface area (Å²) in [4.78, 5) is 11.0. The van der Waals surface area contributed by atoms with Crippen molar-refractivity contribution in [1.29, 1.82) is 0 Å². The lowest BCUT2D eigenvalue weighted by Crippen LogP contribution is -2.47. The molecule has 0 bridgehead atoms. The number of hydrogen-bond acceptors (Lipinski definition) is 4. The van der Waals surface area contributed by atoms with Crippen LogP contribution in [0.15, 0.2) is 0 Å². The van der Waals surface area contributed by atoms with Crippen LogP contribution in [0.25, 0.3) is 0 Å². The van der Waals surface area contributed by atoms with Gasteiger partial charge in [-0.25, -0.2) is 0 Å². The maximum Gasteiger partial charge on any atom is 0.306 e. The van der Waals surface area contributed by atoms with Crippen molar-refractivity contribution in [1.82, 2.24) is 9.03 Å². The van der Waals surface area contributed by atoms with Crippen LogP contribution >= 0.6 is 0 Å². The molecular weight excluding hydrogens is 268 g/mol. The first-order valence-electron chi connectivity index (χ1n) is 6.49. The summed E-state index contributed by atoms with van der Waals surface area (Å²) >= 11 is 0. The van der Waals surface area contributed by atoms with Gasteiger partial charge in [0.05, 0.1) is 13.5 Å². The van der Waals surface area contributed by atoms with E-state index in [0.29, 0.717) is 0 Å². The lowest BCUT2D eigenvalue weighted by molar-refractivity contribution is -0.140. The monoisotopic (exact) mass is 292 g/mol. The van der Waals surface area contributed by atoms with Crippen LogP contribution in [0.5, 0.6) is 0 Å². The third-order valence-corrected chi connectivity index (χ3v) is 5.40. The van der Waals surface area contributed by atoms with Crippen LogP contribution in [-0.2, 0) is 19.7 Å². The van der Waals surface area contributed by atoms with E-state index in [0.717, 1.165) is 23.6 Å². The minimum Gasteiger partial charge on any atom is -0.469 e. The minimum atomic E-state index is -3.54. The maximum atomic E-state index is 12.1. The van der Waals surface area contributed by atoms with Gasteiger partial charge in [0.1, 0.15) is 0 Å². The van der Waals surface area contributed by atoms with E-state index in [1.165, 1.54) is 14.2 Å². The van der Waals surface area contributed by atoms with Gasteiger partial charge in [0, 0.05) is 19.6 Å². The topological polar surface area (TPSA) is 75.7 Å². The molecule has 1 unspecified atom stereocenters. The molecule has 19 heavy (non-hydrogen) atoms. The van der Waals surface area contributed by atoms with Crippen molar-refractivity contribution in [2.45, 2.75) is 45.6 Å². The number of carbonyl (C=O) groups excluding carboxylic acids is 1. The molecule has 0 aromatic heterocycles. The van der Waals surface area contributed by atoms with Gasteiger partial charge in [-0.3, -0.25) is 4.79 Å². The SMILES string of the molecule is COC(=O)CCN(C)S(=O)(=O)NC1CCCC1(C)C. The van der Waals surface area contributed by atoms with E-state index in [1.54, 1.807) is 0 Å². The quantitative estimate of drug-likeness (QED) is 0.738. The van der Waals surface area contributed by atoms with Crippen molar-refractivity contribution in [3.8, 4) is 0 Å². The van der Waals surface area contributed by atoms with E-state index in [1.807, 2.05) is 0 Å². The van der Waals surface area contributed by atoms with Gasteiger partial charge in [-0.2, -0.15) is 17.4 Å². The van der Waals surface area contributed by atoms with Gasteiger partial charge in [0.25, 0.3) is 10.2 Å². The fourth-order valence-corrected chi connectivity index (χ4v) is 3.59. The second-order valence-electron chi connectivity index (χ2n) is 5.70. The molecule has 112 valence electrons. The summed E-state index contributed by atoms with van der Waals surface area (Å²) in [7, 11) is -0.790. The zero-order chi connectivity index (χ0) is 14.7.